The van der Waals surface area contributed by atoms with Gasteiger partial charge >= 0.3 is 0 Å². The summed E-state index contributed by atoms with van der Waals surface area (Å²) in [4.78, 5) is 21.6. The molecule has 31 heavy (non-hydrogen) atoms. The molecule has 7 heteroatoms. The Morgan fingerprint density at radius 1 is 1.13 bits per heavy atom. The Morgan fingerprint density at radius 2 is 1.94 bits per heavy atom. The van der Waals surface area contributed by atoms with E-state index in [-0.39, 0.29) is 5.91 Å². The van der Waals surface area contributed by atoms with Gasteiger partial charge in [0, 0.05) is 32.3 Å². The third-order valence-corrected chi connectivity index (χ3v) is 6.31. The van der Waals surface area contributed by atoms with Crippen molar-refractivity contribution in [3.63, 3.8) is 0 Å². The molecule has 6 nitrogen and oxygen atoms in total. The zero-order valence-corrected chi connectivity index (χ0v) is 18.7. The summed E-state index contributed by atoms with van der Waals surface area (Å²) in [5.41, 5.74) is 1.97. The third-order valence-electron chi connectivity index (χ3n) is 5.29. The fourth-order valence-corrected chi connectivity index (χ4v) is 4.65. The number of thiazole rings is 1. The summed E-state index contributed by atoms with van der Waals surface area (Å²) in [6, 6.07) is 13.9. The Bertz CT molecular complexity index is 1040. The summed E-state index contributed by atoms with van der Waals surface area (Å²) in [6.07, 6.45) is 3.46. The van der Waals surface area contributed by atoms with Crippen LogP contribution >= 0.6 is 11.3 Å². The van der Waals surface area contributed by atoms with E-state index in [1.54, 1.807) is 24.5 Å². The van der Waals surface area contributed by atoms with Gasteiger partial charge in [-0.05, 0) is 42.8 Å². The molecule has 0 N–H and O–H groups in total. The van der Waals surface area contributed by atoms with E-state index >= 15 is 0 Å². The van der Waals surface area contributed by atoms with Crippen molar-refractivity contribution < 1.29 is 14.3 Å². The minimum atomic E-state index is 0.0347. The number of rotatable bonds is 7. The van der Waals surface area contributed by atoms with Crippen molar-refractivity contribution in [2.75, 3.05) is 39.9 Å². The second kappa shape index (κ2) is 9.94. The van der Waals surface area contributed by atoms with Crippen molar-refractivity contribution >= 4 is 33.5 Å². The van der Waals surface area contributed by atoms with Crippen LogP contribution in [0.3, 0.4) is 0 Å². The molecular weight excluding hydrogens is 410 g/mol. The molecule has 0 aliphatic carbocycles. The standard InChI is InChI=1S/C24H27N3O3S/c1-3-30-20-10-8-18(16-21(20)29-2)9-11-24(28)27-14-12-26(13-15-27)17-23-25-19-6-4-5-7-22(19)31-23/h4-11,16H,3,12-15,17H2,1-2H3. The van der Waals surface area contributed by atoms with E-state index in [4.69, 9.17) is 14.5 Å². The molecule has 1 aliphatic rings. The lowest BCUT2D eigenvalue weighted by molar-refractivity contribution is -0.127. The number of benzene rings is 2. The van der Waals surface area contributed by atoms with Gasteiger partial charge in [0.1, 0.15) is 5.01 Å². The first-order valence-corrected chi connectivity index (χ1v) is 11.3. The van der Waals surface area contributed by atoms with Gasteiger partial charge < -0.3 is 14.4 Å². The van der Waals surface area contributed by atoms with Crippen LogP contribution in [0.5, 0.6) is 11.5 Å². The Kier molecular flexibility index (Phi) is 6.84. The van der Waals surface area contributed by atoms with Crippen molar-refractivity contribution in [2.45, 2.75) is 13.5 Å². The van der Waals surface area contributed by atoms with Gasteiger partial charge in [-0.25, -0.2) is 4.98 Å². The minimum Gasteiger partial charge on any atom is -0.493 e. The van der Waals surface area contributed by atoms with Crippen molar-refractivity contribution in [3.05, 3.63) is 59.1 Å². The van der Waals surface area contributed by atoms with Gasteiger partial charge in [-0.3, -0.25) is 9.69 Å². The van der Waals surface area contributed by atoms with Gasteiger partial charge in [0.05, 0.1) is 30.5 Å². The zero-order chi connectivity index (χ0) is 21.6. The predicted molar refractivity (Wildman–Crippen MR) is 125 cm³/mol. The molecule has 0 atom stereocenters. The average molecular weight is 438 g/mol. The number of nitrogens with zero attached hydrogens (tertiary/aromatic N) is 3. The highest BCUT2D eigenvalue weighted by atomic mass is 32.1. The van der Waals surface area contributed by atoms with Crippen LogP contribution in [-0.4, -0.2) is 60.6 Å². The molecule has 1 amide bonds. The number of para-hydroxylation sites is 1. The lowest BCUT2D eigenvalue weighted by atomic mass is 10.2. The summed E-state index contributed by atoms with van der Waals surface area (Å²) in [5, 5.41) is 1.13. The van der Waals surface area contributed by atoms with Gasteiger partial charge in [0.25, 0.3) is 0 Å². The first-order valence-electron chi connectivity index (χ1n) is 10.5. The zero-order valence-electron chi connectivity index (χ0n) is 17.9. The number of amides is 1. The number of hydrogen-bond donors (Lipinski definition) is 0. The second-order valence-corrected chi connectivity index (χ2v) is 8.47. The summed E-state index contributed by atoms with van der Waals surface area (Å²) in [7, 11) is 1.62. The molecule has 0 spiro atoms. The summed E-state index contributed by atoms with van der Waals surface area (Å²) in [5.74, 6) is 1.41. The fourth-order valence-electron chi connectivity index (χ4n) is 3.64. The normalized spacial score (nSPS) is 15.0. The van der Waals surface area contributed by atoms with Gasteiger partial charge in [0.15, 0.2) is 11.5 Å². The predicted octanol–water partition coefficient (Wildman–Crippen LogP) is 4.06. The van der Waals surface area contributed by atoms with E-state index < -0.39 is 0 Å². The largest absolute Gasteiger partial charge is 0.493 e. The van der Waals surface area contributed by atoms with Crippen LogP contribution < -0.4 is 9.47 Å². The molecule has 2 aromatic carbocycles. The van der Waals surface area contributed by atoms with Crippen molar-refractivity contribution in [2.24, 2.45) is 0 Å². The van der Waals surface area contributed by atoms with Crippen molar-refractivity contribution in [1.29, 1.82) is 0 Å². The maximum Gasteiger partial charge on any atom is 0.246 e. The molecule has 1 aromatic heterocycles. The molecule has 0 saturated carbocycles. The Morgan fingerprint density at radius 3 is 2.68 bits per heavy atom. The van der Waals surface area contributed by atoms with Crippen LogP contribution in [0, 0.1) is 0 Å². The molecule has 4 rings (SSSR count). The first-order chi connectivity index (χ1) is 15.2. The number of fused-ring (bicyclic) bond motifs is 1. The van der Waals surface area contributed by atoms with Gasteiger partial charge in [-0.15, -0.1) is 11.3 Å². The average Bonchev–Trinajstić information content (AvgIpc) is 3.21. The summed E-state index contributed by atoms with van der Waals surface area (Å²) >= 11 is 1.75. The monoisotopic (exact) mass is 437 g/mol. The highest BCUT2D eigenvalue weighted by Crippen LogP contribution is 2.28. The van der Waals surface area contributed by atoms with Gasteiger partial charge in [-0.2, -0.15) is 0 Å². The van der Waals surface area contributed by atoms with E-state index in [1.165, 1.54) is 4.70 Å². The summed E-state index contributed by atoms with van der Waals surface area (Å²) in [6.45, 7) is 6.50. The van der Waals surface area contributed by atoms with E-state index in [0.717, 1.165) is 48.8 Å². The SMILES string of the molecule is CCOc1ccc(C=CC(=O)N2CCN(Cc3nc4ccccc4s3)CC2)cc1OC. The molecule has 1 fully saturated rings. The maximum atomic E-state index is 12.6. The number of piperazine rings is 1. The highest BCUT2D eigenvalue weighted by molar-refractivity contribution is 7.18. The van der Waals surface area contributed by atoms with E-state index in [9.17, 15) is 4.79 Å². The Labute approximate surface area is 186 Å². The van der Waals surface area contributed by atoms with Gasteiger partial charge in [-0.1, -0.05) is 18.2 Å². The number of carbonyl (C=O) groups excluding carboxylic acids is 1. The van der Waals surface area contributed by atoms with E-state index in [1.807, 2.05) is 48.2 Å². The van der Waals surface area contributed by atoms with Crippen LogP contribution in [0.4, 0.5) is 0 Å². The molecule has 3 aromatic rings. The third kappa shape index (κ3) is 5.24. The maximum absolute atomic E-state index is 12.6. The Balaban J connectivity index is 1.30. The van der Waals surface area contributed by atoms with Crippen LogP contribution in [0.1, 0.15) is 17.5 Å². The lowest BCUT2D eigenvalue weighted by Gasteiger charge is -2.33. The lowest BCUT2D eigenvalue weighted by Crippen LogP contribution is -2.47. The first kappa shape index (κ1) is 21.3. The number of carbonyl (C=O) groups is 1. The smallest absolute Gasteiger partial charge is 0.246 e. The highest BCUT2D eigenvalue weighted by Gasteiger charge is 2.20. The fraction of sp³-hybridized carbons (Fsp3) is 0.333. The molecule has 162 valence electrons. The molecule has 0 bridgehead atoms. The number of aromatic nitrogens is 1. The molecule has 0 radical (unpaired) electrons. The number of methoxy groups -OCH3 is 1. The van der Waals surface area contributed by atoms with Crippen molar-refractivity contribution in [3.8, 4) is 11.5 Å². The van der Waals surface area contributed by atoms with Crippen LogP contribution in [0.15, 0.2) is 48.5 Å². The quantitative estimate of drug-likeness (QED) is 0.522. The molecular formula is C24H27N3O3S. The number of ether oxygens (including phenoxy) is 2. The van der Waals surface area contributed by atoms with E-state index in [2.05, 4.69) is 17.0 Å². The summed E-state index contributed by atoms with van der Waals surface area (Å²) < 4.78 is 12.1. The van der Waals surface area contributed by atoms with Crippen LogP contribution in [-0.2, 0) is 11.3 Å². The topological polar surface area (TPSA) is 54.9 Å². The van der Waals surface area contributed by atoms with E-state index in [0.29, 0.717) is 18.1 Å². The molecule has 1 saturated heterocycles. The number of hydrogen-bond acceptors (Lipinski definition) is 6. The Hall–Kier alpha value is -2.90. The molecule has 2 heterocycles. The molecule has 0 unspecified atom stereocenters. The van der Waals surface area contributed by atoms with Crippen LogP contribution in [0.25, 0.3) is 16.3 Å². The van der Waals surface area contributed by atoms with Gasteiger partial charge in [0.2, 0.25) is 5.91 Å². The molecule has 1 aliphatic heterocycles. The van der Waals surface area contributed by atoms with Crippen LogP contribution in [0.2, 0.25) is 0 Å². The van der Waals surface area contributed by atoms with Crippen molar-refractivity contribution in [1.82, 2.24) is 14.8 Å². The second-order valence-electron chi connectivity index (χ2n) is 7.35. The minimum absolute atomic E-state index is 0.0347.